The Balaban J connectivity index is 1.94. The highest BCUT2D eigenvalue weighted by atomic mass is 32.2. The van der Waals surface area contributed by atoms with E-state index in [2.05, 4.69) is 9.72 Å². The minimum Gasteiger partial charge on any atom is -0.469 e. The molecule has 108 valence electrons. The number of thioether (sulfide) groups is 1. The number of carbonyl (C=O) groups excluding carboxylic acids is 2. The zero-order chi connectivity index (χ0) is 14.6. The maximum Gasteiger partial charge on any atom is 0.337 e. The smallest absolute Gasteiger partial charge is 0.337 e. The largest absolute Gasteiger partial charge is 0.469 e. The predicted octanol–water partition coefficient (Wildman–Crippen LogP) is 2.30. The molecule has 0 saturated heterocycles. The summed E-state index contributed by atoms with van der Waals surface area (Å²) in [5, 5.41) is 0.768. The van der Waals surface area contributed by atoms with Crippen LogP contribution < -0.4 is 0 Å². The Morgan fingerprint density at radius 1 is 1.35 bits per heavy atom. The van der Waals surface area contributed by atoms with E-state index in [-0.39, 0.29) is 17.4 Å². The normalized spacial score (nSPS) is 15.5. The maximum absolute atomic E-state index is 11.4. The van der Waals surface area contributed by atoms with Crippen LogP contribution in [-0.2, 0) is 14.3 Å². The van der Waals surface area contributed by atoms with E-state index in [0.29, 0.717) is 12.0 Å². The van der Waals surface area contributed by atoms with Gasteiger partial charge in [-0.3, -0.25) is 4.79 Å². The number of rotatable bonds is 6. The third-order valence-corrected chi connectivity index (χ3v) is 4.66. The molecule has 0 aromatic carbocycles. The summed E-state index contributed by atoms with van der Waals surface area (Å²) in [6.07, 6.45) is 4.11. The lowest BCUT2D eigenvalue weighted by Crippen LogP contribution is -2.13. The van der Waals surface area contributed by atoms with Crippen molar-refractivity contribution in [1.29, 1.82) is 0 Å². The molecule has 0 atom stereocenters. The van der Waals surface area contributed by atoms with Crippen LogP contribution >= 0.6 is 11.8 Å². The molecule has 0 amide bonds. The molecule has 1 aromatic rings. The minimum absolute atomic E-state index is 0.0424. The summed E-state index contributed by atoms with van der Waals surface area (Å²) in [6.45, 7) is 0. The van der Waals surface area contributed by atoms with Gasteiger partial charge in [-0.2, -0.15) is 0 Å². The van der Waals surface area contributed by atoms with Crippen molar-refractivity contribution in [2.24, 2.45) is 5.41 Å². The van der Waals surface area contributed by atoms with E-state index in [1.807, 2.05) is 0 Å². The highest BCUT2D eigenvalue weighted by Gasteiger charge is 2.44. The average molecular weight is 295 g/mol. The number of methoxy groups -OCH3 is 2. The minimum atomic E-state index is -0.370. The van der Waals surface area contributed by atoms with E-state index < -0.39 is 0 Å². The molecule has 2 rings (SSSR count). The van der Waals surface area contributed by atoms with Crippen LogP contribution in [0, 0.1) is 5.41 Å². The lowest BCUT2D eigenvalue weighted by Gasteiger charge is -2.12. The second kappa shape index (κ2) is 6.26. The monoisotopic (exact) mass is 295 g/mol. The Labute approximate surface area is 122 Å². The number of nitrogens with zero attached hydrogens (tertiary/aromatic N) is 1. The van der Waals surface area contributed by atoms with Gasteiger partial charge in [-0.1, -0.05) is 0 Å². The molecular weight excluding hydrogens is 278 g/mol. The van der Waals surface area contributed by atoms with Crippen molar-refractivity contribution in [1.82, 2.24) is 4.98 Å². The summed E-state index contributed by atoms with van der Waals surface area (Å²) in [4.78, 5) is 27.0. The molecule has 0 unspecified atom stereocenters. The van der Waals surface area contributed by atoms with Gasteiger partial charge in [0, 0.05) is 11.9 Å². The zero-order valence-corrected chi connectivity index (χ0v) is 12.4. The summed E-state index contributed by atoms with van der Waals surface area (Å²) in [7, 11) is 2.76. The molecule has 6 heteroatoms. The molecule has 0 radical (unpaired) electrons. The highest BCUT2D eigenvalue weighted by Crippen LogP contribution is 2.52. The van der Waals surface area contributed by atoms with Gasteiger partial charge in [-0.05, 0) is 30.4 Å². The molecule has 0 aliphatic heterocycles. The SMILES string of the molecule is COC(=O)CC1(CSc2cc(C(=O)OC)ccn2)CC1. The predicted molar refractivity (Wildman–Crippen MR) is 74.6 cm³/mol. The Bertz CT molecular complexity index is 514. The number of esters is 2. The fourth-order valence-corrected chi connectivity index (χ4v) is 3.08. The molecule has 1 aliphatic rings. The van der Waals surface area contributed by atoms with Crippen LogP contribution in [0.3, 0.4) is 0 Å². The van der Waals surface area contributed by atoms with Crippen molar-refractivity contribution in [2.75, 3.05) is 20.0 Å². The fourth-order valence-electron chi connectivity index (χ4n) is 1.89. The van der Waals surface area contributed by atoms with E-state index in [4.69, 9.17) is 4.74 Å². The van der Waals surface area contributed by atoms with Crippen LogP contribution in [0.5, 0.6) is 0 Å². The van der Waals surface area contributed by atoms with Crippen molar-refractivity contribution < 1.29 is 19.1 Å². The van der Waals surface area contributed by atoms with Gasteiger partial charge in [0.05, 0.1) is 31.2 Å². The summed E-state index contributed by atoms with van der Waals surface area (Å²) >= 11 is 1.56. The van der Waals surface area contributed by atoms with Crippen LogP contribution in [0.15, 0.2) is 23.4 Å². The second-order valence-electron chi connectivity index (χ2n) is 4.92. The van der Waals surface area contributed by atoms with Crippen LogP contribution in [0.25, 0.3) is 0 Å². The Kier molecular flexibility index (Phi) is 4.65. The van der Waals surface area contributed by atoms with Crippen molar-refractivity contribution in [3.63, 3.8) is 0 Å². The lowest BCUT2D eigenvalue weighted by atomic mass is 10.1. The van der Waals surface area contributed by atoms with Gasteiger partial charge in [-0.25, -0.2) is 9.78 Å². The van der Waals surface area contributed by atoms with Gasteiger partial charge >= 0.3 is 11.9 Å². The van der Waals surface area contributed by atoms with Crippen molar-refractivity contribution in [3.05, 3.63) is 23.9 Å². The molecule has 1 aromatic heterocycles. The molecule has 20 heavy (non-hydrogen) atoms. The van der Waals surface area contributed by atoms with Crippen LogP contribution in [-0.4, -0.2) is 36.9 Å². The maximum atomic E-state index is 11.4. The number of carbonyl (C=O) groups is 2. The summed E-state index contributed by atoms with van der Waals surface area (Å²) in [5.41, 5.74) is 0.531. The third-order valence-electron chi connectivity index (χ3n) is 3.39. The molecular formula is C14H17NO4S. The first-order chi connectivity index (χ1) is 9.58. The summed E-state index contributed by atoms with van der Waals surface area (Å²) in [6, 6.07) is 3.34. The van der Waals surface area contributed by atoms with Crippen LogP contribution in [0.4, 0.5) is 0 Å². The number of hydrogen-bond acceptors (Lipinski definition) is 6. The molecule has 5 nitrogen and oxygen atoms in total. The first-order valence-corrected chi connectivity index (χ1v) is 7.31. The zero-order valence-electron chi connectivity index (χ0n) is 11.5. The highest BCUT2D eigenvalue weighted by molar-refractivity contribution is 7.99. The molecule has 0 bridgehead atoms. The van der Waals surface area contributed by atoms with Gasteiger partial charge in [0.2, 0.25) is 0 Å². The molecule has 0 N–H and O–H groups in total. The quantitative estimate of drug-likeness (QED) is 0.592. The van der Waals surface area contributed by atoms with Crippen LogP contribution in [0.2, 0.25) is 0 Å². The van der Waals surface area contributed by atoms with Crippen molar-refractivity contribution >= 4 is 23.7 Å². The van der Waals surface area contributed by atoms with Gasteiger partial charge in [0.15, 0.2) is 0 Å². The van der Waals surface area contributed by atoms with E-state index in [1.165, 1.54) is 14.2 Å². The number of pyridine rings is 1. The van der Waals surface area contributed by atoms with Gasteiger partial charge in [0.25, 0.3) is 0 Å². The molecule has 1 heterocycles. The number of hydrogen-bond donors (Lipinski definition) is 0. The molecule has 1 aliphatic carbocycles. The Morgan fingerprint density at radius 3 is 2.70 bits per heavy atom. The van der Waals surface area contributed by atoms with Crippen molar-refractivity contribution in [3.8, 4) is 0 Å². The first-order valence-electron chi connectivity index (χ1n) is 6.32. The van der Waals surface area contributed by atoms with E-state index >= 15 is 0 Å². The number of aromatic nitrogens is 1. The van der Waals surface area contributed by atoms with Gasteiger partial charge in [-0.15, -0.1) is 11.8 Å². The summed E-state index contributed by atoms with van der Waals surface area (Å²) in [5.74, 6) is 0.268. The fraction of sp³-hybridized carbons (Fsp3) is 0.500. The standard InChI is InChI=1S/C14H17NO4S/c1-18-12(16)8-14(4-5-14)9-20-11-7-10(3-6-15-11)13(17)19-2/h3,6-7H,4-5,8-9H2,1-2H3. The topological polar surface area (TPSA) is 65.5 Å². The molecule has 1 fully saturated rings. The Hall–Kier alpha value is -1.56. The van der Waals surface area contributed by atoms with Crippen LogP contribution in [0.1, 0.15) is 29.6 Å². The van der Waals surface area contributed by atoms with Crippen molar-refractivity contribution in [2.45, 2.75) is 24.3 Å². The third kappa shape index (κ3) is 3.72. The second-order valence-corrected chi connectivity index (χ2v) is 5.91. The van der Waals surface area contributed by atoms with E-state index in [0.717, 1.165) is 23.6 Å². The summed E-state index contributed by atoms with van der Waals surface area (Å²) < 4.78 is 9.40. The molecule has 1 saturated carbocycles. The van der Waals surface area contributed by atoms with Gasteiger partial charge < -0.3 is 9.47 Å². The Morgan fingerprint density at radius 2 is 2.10 bits per heavy atom. The average Bonchev–Trinajstić information content (AvgIpc) is 3.24. The first kappa shape index (κ1) is 14.8. The van der Waals surface area contributed by atoms with E-state index in [1.54, 1.807) is 30.1 Å². The number of ether oxygens (including phenoxy) is 2. The van der Waals surface area contributed by atoms with Gasteiger partial charge in [0.1, 0.15) is 0 Å². The van der Waals surface area contributed by atoms with E-state index in [9.17, 15) is 9.59 Å². The lowest BCUT2D eigenvalue weighted by molar-refractivity contribution is -0.141. The molecule has 0 spiro atoms.